The van der Waals surface area contributed by atoms with E-state index in [1.165, 1.54) is 19.3 Å². The third-order valence-electron chi connectivity index (χ3n) is 6.77. The van der Waals surface area contributed by atoms with Crippen molar-refractivity contribution in [3.63, 3.8) is 0 Å². The van der Waals surface area contributed by atoms with Gasteiger partial charge in [0.1, 0.15) is 11.6 Å². The van der Waals surface area contributed by atoms with Gasteiger partial charge in [-0.1, -0.05) is 40.0 Å². The number of hydrogen-bond acceptors (Lipinski definition) is 3. The molecule has 3 aliphatic rings. The highest BCUT2D eigenvalue weighted by Crippen LogP contribution is 2.34. The summed E-state index contributed by atoms with van der Waals surface area (Å²) >= 11 is 0. The van der Waals surface area contributed by atoms with Gasteiger partial charge in [0.05, 0.1) is 0 Å². The molecule has 1 aliphatic carbocycles. The first kappa shape index (κ1) is 21.9. The van der Waals surface area contributed by atoms with Crippen molar-refractivity contribution < 1.29 is 14.4 Å². The number of carbonyl (C=O) groups excluding carboxylic acids is 3. The van der Waals surface area contributed by atoms with Crippen molar-refractivity contribution in [3.8, 4) is 0 Å². The van der Waals surface area contributed by atoms with E-state index in [0.29, 0.717) is 44.8 Å². The lowest BCUT2D eigenvalue weighted by Gasteiger charge is -2.51. The molecular formula is C22H38N4O3. The maximum Gasteiger partial charge on any atom is 0.317 e. The number of nitrogens with one attached hydrogen (secondary N) is 2. The molecule has 7 nitrogen and oxygen atoms in total. The van der Waals surface area contributed by atoms with Gasteiger partial charge in [-0.25, -0.2) is 4.79 Å². The Balaban J connectivity index is 1.65. The molecule has 164 valence electrons. The average molecular weight is 407 g/mol. The van der Waals surface area contributed by atoms with E-state index in [9.17, 15) is 14.4 Å². The Morgan fingerprint density at radius 3 is 2.41 bits per heavy atom. The standard InChI is InChI=1S/C22H38N4O3/c1-4-12-26-19(27)18(15-16(2)3)24-20(28)22(26)10-13-25(14-11-22)21(29)23-17-8-6-5-7-9-17/h16-18H,4-15H2,1-3H3,(H,23,29)(H,24,28). The van der Waals surface area contributed by atoms with Crippen molar-refractivity contribution in [2.24, 2.45) is 5.92 Å². The molecule has 3 fully saturated rings. The second-order valence-corrected chi connectivity index (χ2v) is 9.45. The average Bonchev–Trinajstić information content (AvgIpc) is 2.70. The van der Waals surface area contributed by atoms with Crippen LogP contribution in [0.3, 0.4) is 0 Å². The molecule has 0 aromatic carbocycles. The van der Waals surface area contributed by atoms with Crippen LogP contribution in [0.4, 0.5) is 4.79 Å². The summed E-state index contributed by atoms with van der Waals surface area (Å²) < 4.78 is 0. The third-order valence-corrected chi connectivity index (χ3v) is 6.77. The van der Waals surface area contributed by atoms with Crippen molar-refractivity contribution >= 4 is 17.8 Å². The first-order valence-corrected chi connectivity index (χ1v) is 11.5. The number of piperidine rings is 1. The van der Waals surface area contributed by atoms with Gasteiger partial charge in [-0.2, -0.15) is 0 Å². The molecule has 0 radical (unpaired) electrons. The van der Waals surface area contributed by atoms with Crippen molar-refractivity contribution in [1.82, 2.24) is 20.4 Å². The Morgan fingerprint density at radius 1 is 1.17 bits per heavy atom. The molecule has 29 heavy (non-hydrogen) atoms. The van der Waals surface area contributed by atoms with E-state index in [1.807, 2.05) is 16.7 Å². The Bertz CT molecular complexity index is 607. The van der Waals surface area contributed by atoms with E-state index in [2.05, 4.69) is 24.5 Å². The lowest BCUT2D eigenvalue weighted by molar-refractivity contribution is -0.161. The smallest absolute Gasteiger partial charge is 0.317 e. The highest BCUT2D eigenvalue weighted by Gasteiger charge is 2.53. The zero-order chi connectivity index (χ0) is 21.0. The molecule has 0 bridgehead atoms. The number of piperazine rings is 1. The Hall–Kier alpha value is -1.79. The van der Waals surface area contributed by atoms with Crippen LogP contribution in [0.2, 0.25) is 0 Å². The fourth-order valence-electron chi connectivity index (χ4n) is 5.14. The van der Waals surface area contributed by atoms with Gasteiger partial charge in [0.25, 0.3) is 0 Å². The third kappa shape index (κ3) is 4.69. The number of likely N-dealkylation sites (tertiary alicyclic amines) is 1. The topological polar surface area (TPSA) is 81.8 Å². The van der Waals surface area contributed by atoms with E-state index in [0.717, 1.165) is 19.3 Å². The molecular weight excluding hydrogens is 368 g/mol. The number of rotatable bonds is 5. The van der Waals surface area contributed by atoms with Crippen molar-refractivity contribution in [3.05, 3.63) is 0 Å². The van der Waals surface area contributed by atoms with Gasteiger partial charge < -0.3 is 20.4 Å². The van der Waals surface area contributed by atoms with Crippen LogP contribution in [0.25, 0.3) is 0 Å². The van der Waals surface area contributed by atoms with Crippen LogP contribution in [0.5, 0.6) is 0 Å². The summed E-state index contributed by atoms with van der Waals surface area (Å²) in [7, 11) is 0. The summed E-state index contributed by atoms with van der Waals surface area (Å²) in [5.74, 6) is 0.343. The maximum atomic E-state index is 13.2. The van der Waals surface area contributed by atoms with Crippen LogP contribution >= 0.6 is 0 Å². The minimum Gasteiger partial charge on any atom is -0.342 e. The summed E-state index contributed by atoms with van der Waals surface area (Å²) in [5.41, 5.74) is -0.803. The maximum absolute atomic E-state index is 13.2. The highest BCUT2D eigenvalue weighted by molar-refractivity contribution is 6.00. The second kappa shape index (κ2) is 9.35. The van der Waals surface area contributed by atoms with Gasteiger partial charge in [0.15, 0.2) is 0 Å². The molecule has 2 saturated heterocycles. The molecule has 0 aromatic heterocycles. The Kier molecular flexibility index (Phi) is 7.06. The zero-order valence-electron chi connectivity index (χ0n) is 18.3. The molecule has 2 N–H and O–H groups in total. The zero-order valence-corrected chi connectivity index (χ0v) is 18.3. The number of amides is 4. The molecule has 7 heteroatoms. The minimum absolute atomic E-state index is 0.0194. The van der Waals surface area contributed by atoms with E-state index in [1.54, 1.807) is 0 Å². The van der Waals surface area contributed by atoms with Gasteiger partial charge in [-0.05, 0) is 44.4 Å². The van der Waals surface area contributed by atoms with E-state index in [-0.39, 0.29) is 23.9 Å². The fourth-order valence-corrected chi connectivity index (χ4v) is 5.14. The predicted molar refractivity (Wildman–Crippen MR) is 112 cm³/mol. The number of nitrogens with zero attached hydrogens (tertiary/aromatic N) is 2. The SMILES string of the molecule is CCCN1C(=O)C(CC(C)C)NC(=O)C12CCN(C(=O)NC1CCCCC1)CC2. The van der Waals surface area contributed by atoms with Gasteiger partial charge in [-0.15, -0.1) is 0 Å². The fraction of sp³-hybridized carbons (Fsp3) is 0.864. The van der Waals surface area contributed by atoms with Gasteiger partial charge in [0, 0.05) is 25.7 Å². The molecule has 2 heterocycles. The highest BCUT2D eigenvalue weighted by atomic mass is 16.2. The largest absolute Gasteiger partial charge is 0.342 e. The summed E-state index contributed by atoms with van der Waals surface area (Å²) in [4.78, 5) is 42.7. The van der Waals surface area contributed by atoms with Crippen molar-refractivity contribution in [2.45, 2.75) is 96.2 Å². The first-order valence-electron chi connectivity index (χ1n) is 11.5. The Morgan fingerprint density at radius 2 is 1.83 bits per heavy atom. The quantitative estimate of drug-likeness (QED) is 0.736. The van der Waals surface area contributed by atoms with Crippen LogP contribution in [0.15, 0.2) is 0 Å². The summed E-state index contributed by atoms with van der Waals surface area (Å²) in [6.07, 6.45) is 8.24. The first-order chi connectivity index (χ1) is 13.9. The number of urea groups is 1. The molecule has 1 saturated carbocycles. The number of hydrogen-bond donors (Lipinski definition) is 2. The molecule has 1 atom stereocenters. The lowest BCUT2D eigenvalue weighted by atomic mass is 9.81. The Labute approximate surface area is 174 Å². The molecule has 0 aromatic rings. The van der Waals surface area contributed by atoms with Crippen molar-refractivity contribution in [2.75, 3.05) is 19.6 Å². The van der Waals surface area contributed by atoms with Crippen LogP contribution in [-0.2, 0) is 9.59 Å². The predicted octanol–water partition coefficient (Wildman–Crippen LogP) is 2.65. The van der Waals surface area contributed by atoms with E-state index >= 15 is 0 Å². The van der Waals surface area contributed by atoms with Crippen molar-refractivity contribution in [1.29, 1.82) is 0 Å². The molecule has 1 spiro atoms. The normalized spacial score (nSPS) is 25.4. The monoisotopic (exact) mass is 406 g/mol. The second-order valence-electron chi connectivity index (χ2n) is 9.45. The van der Waals surface area contributed by atoms with E-state index in [4.69, 9.17) is 0 Å². The van der Waals surface area contributed by atoms with Crippen LogP contribution in [0, 0.1) is 5.92 Å². The summed E-state index contributed by atoms with van der Waals surface area (Å²) in [5, 5.41) is 6.18. The lowest BCUT2D eigenvalue weighted by Crippen LogP contribution is -2.73. The molecule has 2 aliphatic heterocycles. The molecule has 3 rings (SSSR count). The molecule has 1 unspecified atom stereocenters. The van der Waals surface area contributed by atoms with Gasteiger partial charge in [-0.3, -0.25) is 9.59 Å². The number of carbonyl (C=O) groups is 3. The minimum atomic E-state index is -0.803. The van der Waals surface area contributed by atoms with Crippen LogP contribution < -0.4 is 10.6 Å². The van der Waals surface area contributed by atoms with Crippen LogP contribution in [-0.4, -0.2) is 64.9 Å². The van der Waals surface area contributed by atoms with Gasteiger partial charge in [0.2, 0.25) is 11.8 Å². The molecule has 4 amide bonds. The van der Waals surface area contributed by atoms with E-state index < -0.39 is 11.6 Å². The summed E-state index contributed by atoms with van der Waals surface area (Å²) in [6.45, 7) is 7.78. The summed E-state index contributed by atoms with van der Waals surface area (Å²) in [6, 6.07) is -0.165. The van der Waals surface area contributed by atoms with Gasteiger partial charge >= 0.3 is 6.03 Å². The van der Waals surface area contributed by atoms with Crippen LogP contribution in [0.1, 0.15) is 78.6 Å².